The molecule has 1 N–H and O–H groups in total. The molecule has 0 radical (unpaired) electrons. The summed E-state index contributed by atoms with van der Waals surface area (Å²) in [7, 11) is 0. The highest BCUT2D eigenvalue weighted by Crippen LogP contribution is 2.15. The van der Waals surface area contributed by atoms with Gasteiger partial charge in [-0.25, -0.2) is 0 Å². The standard InChI is InChI=1S/C10H8BrNO/c1-6-2-3-7-5-8(11)10(13)12-9(7)4-6/h2-5H,1H3,(H,12,13). The first-order valence-electron chi connectivity index (χ1n) is 3.96. The average Bonchev–Trinajstić information content (AvgIpc) is 2.08. The fourth-order valence-corrected chi connectivity index (χ4v) is 1.63. The monoisotopic (exact) mass is 237 g/mol. The Labute approximate surface area is 83.7 Å². The zero-order valence-corrected chi connectivity index (χ0v) is 8.68. The van der Waals surface area contributed by atoms with Crippen molar-refractivity contribution in [2.45, 2.75) is 6.92 Å². The first-order valence-corrected chi connectivity index (χ1v) is 4.75. The van der Waals surface area contributed by atoms with Gasteiger partial charge >= 0.3 is 0 Å². The van der Waals surface area contributed by atoms with Gasteiger partial charge in [-0.2, -0.15) is 0 Å². The minimum Gasteiger partial charge on any atom is -0.321 e. The number of aryl methyl sites for hydroxylation is 1. The third kappa shape index (κ3) is 1.52. The zero-order valence-electron chi connectivity index (χ0n) is 7.10. The lowest BCUT2D eigenvalue weighted by Crippen LogP contribution is -2.05. The molecule has 2 aromatic rings. The maximum atomic E-state index is 11.2. The number of hydrogen-bond donors (Lipinski definition) is 1. The van der Waals surface area contributed by atoms with E-state index in [1.54, 1.807) is 0 Å². The molecule has 0 aliphatic rings. The smallest absolute Gasteiger partial charge is 0.262 e. The molecule has 0 unspecified atom stereocenters. The summed E-state index contributed by atoms with van der Waals surface area (Å²) >= 11 is 3.19. The average molecular weight is 238 g/mol. The molecule has 0 saturated carbocycles. The number of benzene rings is 1. The molecule has 0 atom stereocenters. The van der Waals surface area contributed by atoms with Gasteiger partial charge in [0.15, 0.2) is 0 Å². The number of fused-ring (bicyclic) bond motifs is 1. The minimum absolute atomic E-state index is 0.0851. The van der Waals surface area contributed by atoms with Gasteiger partial charge in [-0.05, 0) is 45.9 Å². The molecule has 0 amide bonds. The molecule has 0 aliphatic heterocycles. The molecule has 1 aromatic heterocycles. The Morgan fingerprint density at radius 2 is 2.08 bits per heavy atom. The van der Waals surface area contributed by atoms with Crippen LogP contribution in [0.4, 0.5) is 0 Å². The van der Waals surface area contributed by atoms with Crippen LogP contribution in [0.25, 0.3) is 10.9 Å². The number of hydrogen-bond acceptors (Lipinski definition) is 1. The van der Waals surface area contributed by atoms with Crippen molar-refractivity contribution in [3.63, 3.8) is 0 Å². The molecule has 0 saturated heterocycles. The summed E-state index contributed by atoms with van der Waals surface area (Å²) in [5.41, 5.74) is 1.94. The van der Waals surface area contributed by atoms with Gasteiger partial charge in [-0.15, -0.1) is 0 Å². The van der Waals surface area contributed by atoms with Crippen LogP contribution in [0, 0.1) is 6.92 Å². The van der Waals surface area contributed by atoms with Crippen molar-refractivity contribution in [3.8, 4) is 0 Å². The van der Waals surface area contributed by atoms with Crippen molar-refractivity contribution >= 4 is 26.8 Å². The molecule has 0 bridgehead atoms. The molecule has 1 heterocycles. The summed E-state index contributed by atoms with van der Waals surface area (Å²) in [4.78, 5) is 14.0. The Balaban J connectivity index is 2.89. The van der Waals surface area contributed by atoms with Crippen LogP contribution >= 0.6 is 15.9 Å². The topological polar surface area (TPSA) is 32.9 Å². The molecular formula is C10H8BrNO. The molecule has 66 valence electrons. The Morgan fingerprint density at radius 1 is 1.31 bits per heavy atom. The van der Waals surface area contributed by atoms with E-state index in [2.05, 4.69) is 20.9 Å². The van der Waals surface area contributed by atoms with Crippen molar-refractivity contribution in [1.82, 2.24) is 4.98 Å². The van der Waals surface area contributed by atoms with E-state index in [4.69, 9.17) is 0 Å². The molecule has 2 nitrogen and oxygen atoms in total. The number of aromatic amines is 1. The number of halogens is 1. The first kappa shape index (κ1) is 8.51. The highest BCUT2D eigenvalue weighted by Gasteiger charge is 1.98. The lowest BCUT2D eigenvalue weighted by atomic mass is 10.1. The van der Waals surface area contributed by atoms with Crippen molar-refractivity contribution in [3.05, 3.63) is 44.7 Å². The summed E-state index contributed by atoms with van der Waals surface area (Å²) in [6.45, 7) is 2.00. The summed E-state index contributed by atoms with van der Waals surface area (Å²) in [6, 6.07) is 7.80. The Hall–Kier alpha value is -1.09. The van der Waals surface area contributed by atoms with E-state index in [-0.39, 0.29) is 5.56 Å². The number of rotatable bonds is 0. The summed E-state index contributed by atoms with van der Waals surface area (Å²) < 4.78 is 0.573. The highest BCUT2D eigenvalue weighted by molar-refractivity contribution is 9.10. The lowest BCUT2D eigenvalue weighted by Gasteiger charge is -1.99. The predicted molar refractivity (Wildman–Crippen MR) is 57.0 cm³/mol. The quantitative estimate of drug-likeness (QED) is 0.751. The van der Waals surface area contributed by atoms with Crippen LogP contribution < -0.4 is 5.56 Å². The van der Waals surface area contributed by atoms with Gasteiger partial charge in [0, 0.05) is 5.52 Å². The van der Waals surface area contributed by atoms with Crippen LogP contribution in [0.2, 0.25) is 0 Å². The maximum Gasteiger partial charge on any atom is 0.262 e. The van der Waals surface area contributed by atoms with Crippen LogP contribution in [0.5, 0.6) is 0 Å². The van der Waals surface area contributed by atoms with Crippen molar-refractivity contribution in [1.29, 1.82) is 0 Å². The van der Waals surface area contributed by atoms with Gasteiger partial charge in [0.2, 0.25) is 0 Å². The number of H-pyrrole nitrogens is 1. The third-order valence-electron chi connectivity index (χ3n) is 1.96. The van der Waals surface area contributed by atoms with Crippen molar-refractivity contribution < 1.29 is 0 Å². The van der Waals surface area contributed by atoms with Crippen molar-refractivity contribution in [2.24, 2.45) is 0 Å². The summed E-state index contributed by atoms with van der Waals surface area (Å²) in [5, 5.41) is 1.04. The fraction of sp³-hybridized carbons (Fsp3) is 0.100. The second-order valence-corrected chi connectivity index (χ2v) is 3.89. The van der Waals surface area contributed by atoms with Crippen LogP contribution in [-0.2, 0) is 0 Å². The van der Waals surface area contributed by atoms with Crippen LogP contribution in [0.15, 0.2) is 33.5 Å². The molecule has 0 spiro atoms. The van der Waals surface area contributed by atoms with Gasteiger partial charge in [0.1, 0.15) is 0 Å². The predicted octanol–water partition coefficient (Wildman–Crippen LogP) is 2.60. The van der Waals surface area contributed by atoms with E-state index in [0.717, 1.165) is 16.5 Å². The highest BCUT2D eigenvalue weighted by atomic mass is 79.9. The van der Waals surface area contributed by atoms with Gasteiger partial charge in [-0.3, -0.25) is 4.79 Å². The van der Waals surface area contributed by atoms with E-state index in [9.17, 15) is 4.79 Å². The van der Waals surface area contributed by atoms with E-state index in [0.29, 0.717) is 4.47 Å². The van der Waals surface area contributed by atoms with Gasteiger partial charge in [0.05, 0.1) is 4.47 Å². The normalized spacial score (nSPS) is 10.6. The summed E-state index contributed by atoms with van der Waals surface area (Å²) in [6.07, 6.45) is 0. The Morgan fingerprint density at radius 3 is 2.85 bits per heavy atom. The van der Waals surface area contributed by atoms with Gasteiger partial charge in [0.25, 0.3) is 5.56 Å². The number of aromatic nitrogens is 1. The van der Waals surface area contributed by atoms with Crippen molar-refractivity contribution in [2.75, 3.05) is 0 Å². The molecular weight excluding hydrogens is 230 g/mol. The molecule has 3 heteroatoms. The van der Waals surface area contributed by atoms with E-state index >= 15 is 0 Å². The molecule has 13 heavy (non-hydrogen) atoms. The van der Waals surface area contributed by atoms with E-state index in [1.165, 1.54) is 0 Å². The third-order valence-corrected chi connectivity index (χ3v) is 2.55. The number of pyridine rings is 1. The van der Waals surface area contributed by atoms with Crippen LogP contribution in [0.3, 0.4) is 0 Å². The second-order valence-electron chi connectivity index (χ2n) is 3.04. The van der Waals surface area contributed by atoms with Gasteiger partial charge in [-0.1, -0.05) is 12.1 Å². The molecule has 0 fully saturated rings. The minimum atomic E-state index is -0.0851. The zero-order chi connectivity index (χ0) is 9.42. The SMILES string of the molecule is Cc1ccc2cc(Br)c(=O)[nH]c2c1. The van der Waals surface area contributed by atoms with E-state index in [1.807, 2.05) is 31.2 Å². The maximum absolute atomic E-state index is 11.2. The molecule has 0 aliphatic carbocycles. The van der Waals surface area contributed by atoms with Crippen LogP contribution in [0.1, 0.15) is 5.56 Å². The molecule has 1 aromatic carbocycles. The largest absolute Gasteiger partial charge is 0.321 e. The first-order chi connectivity index (χ1) is 6.16. The molecule has 2 rings (SSSR count). The summed E-state index contributed by atoms with van der Waals surface area (Å²) in [5.74, 6) is 0. The lowest BCUT2D eigenvalue weighted by molar-refractivity contribution is 1.27. The number of nitrogens with one attached hydrogen (secondary N) is 1. The van der Waals surface area contributed by atoms with Crippen LogP contribution in [-0.4, -0.2) is 4.98 Å². The van der Waals surface area contributed by atoms with E-state index < -0.39 is 0 Å². The second kappa shape index (κ2) is 3.00. The Kier molecular flexibility index (Phi) is 1.96. The fourth-order valence-electron chi connectivity index (χ4n) is 1.29. The van der Waals surface area contributed by atoms with Gasteiger partial charge < -0.3 is 4.98 Å². The Bertz CT molecular complexity index is 516.